The van der Waals surface area contributed by atoms with Gasteiger partial charge in [-0.15, -0.1) is 11.8 Å². The molecule has 2 saturated heterocycles. The van der Waals surface area contributed by atoms with Gasteiger partial charge in [-0.25, -0.2) is 8.42 Å². The first-order valence-corrected chi connectivity index (χ1v) is 11.2. The van der Waals surface area contributed by atoms with E-state index in [9.17, 15) is 13.2 Å². The highest BCUT2D eigenvalue weighted by Gasteiger charge is 2.41. The summed E-state index contributed by atoms with van der Waals surface area (Å²) in [4.78, 5) is 14.4. The van der Waals surface area contributed by atoms with Crippen LogP contribution in [0.3, 0.4) is 0 Å². The van der Waals surface area contributed by atoms with Gasteiger partial charge in [-0.3, -0.25) is 4.79 Å². The minimum Gasteiger partial charge on any atom is -0.341 e. The Hall–Kier alpha value is -0.470. The molecule has 1 amide bonds. The Morgan fingerprint density at radius 3 is 2.62 bits per heavy atom. The molecular formula is C15H18Cl2N2O3S2. The number of hydrogen-bond donors (Lipinski definition) is 0. The number of amides is 1. The van der Waals surface area contributed by atoms with E-state index in [1.165, 1.54) is 22.1 Å². The van der Waals surface area contributed by atoms with Gasteiger partial charge in [-0.05, 0) is 30.5 Å². The summed E-state index contributed by atoms with van der Waals surface area (Å²) in [5.74, 6) is 0.497. The number of sulfonamides is 1. The van der Waals surface area contributed by atoms with E-state index in [0.29, 0.717) is 27.2 Å². The standard InChI is InChI=1S/C15H18Cl2N2O3S2/c16-12-4-3-11(13(17)7-12)9-24(21,22)19-10-23-8-14(19)15(20)18-5-1-2-6-18/h3-4,7,14H,1-2,5-6,8-10H2/t14-/m0/s1. The van der Waals surface area contributed by atoms with Crippen LogP contribution in [0.5, 0.6) is 0 Å². The topological polar surface area (TPSA) is 57.7 Å². The third-order valence-corrected chi connectivity index (χ3v) is 7.79. The molecule has 3 rings (SSSR count). The lowest BCUT2D eigenvalue weighted by molar-refractivity contribution is -0.133. The molecule has 2 heterocycles. The third kappa shape index (κ3) is 3.85. The summed E-state index contributed by atoms with van der Waals surface area (Å²) in [5, 5.41) is 0.778. The second-order valence-electron chi connectivity index (χ2n) is 5.93. The number of likely N-dealkylation sites (tertiary alicyclic amines) is 1. The number of carbonyl (C=O) groups is 1. The molecule has 9 heteroatoms. The van der Waals surface area contributed by atoms with Crippen LogP contribution < -0.4 is 0 Å². The summed E-state index contributed by atoms with van der Waals surface area (Å²) in [6.07, 6.45) is 1.97. The number of thioether (sulfide) groups is 1. The van der Waals surface area contributed by atoms with Gasteiger partial charge in [-0.1, -0.05) is 29.3 Å². The van der Waals surface area contributed by atoms with Gasteiger partial charge in [0, 0.05) is 28.9 Å². The summed E-state index contributed by atoms with van der Waals surface area (Å²) in [5.41, 5.74) is 0.491. The second-order valence-corrected chi connectivity index (χ2v) is 9.69. The molecule has 132 valence electrons. The van der Waals surface area contributed by atoms with Crippen LogP contribution in [-0.2, 0) is 20.6 Å². The van der Waals surface area contributed by atoms with Crippen molar-refractivity contribution in [3.05, 3.63) is 33.8 Å². The Morgan fingerprint density at radius 1 is 1.25 bits per heavy atom. The summed E-state index contributed by atoms with van der Waals surface area (Å²) >= 11 is 13.4. The molecule has 0 saturated carbocycles. The van der Waals surface area contributed by atoms with Crippen molar-refractivity contribution in [1.29, 1.82) is 0 Å². The van der Waals surface area contributed by atoms with Gasteiger partial charge in [-0.2, -0.15) is 4.31 Å². The van der Waals surface area contributed by atoms with E-state index in [1.54, 1.807) is 17.0 Å². The van der Waals surface area contributed by atoms with E-state index in [0.717, 1.165) is 25.9 Å². The maximum Gasteiger partial charge on any atom is 0.241 e. The van der Waals surface area contributed by atoms with Crippen LogP contribution in [0.1, 0.15) is 18.4 Å². The zero-order valence-corrected chi connectivity index (χ0v) is 16.1. The molecule has 0 aliphatic carbocycles. The van der Waals surface area contributed by atoms with Gasteiger partial charge < -0.3 is 4.90 Å². The zero-order chi connectivity index (χ0) is 17.3. The lowest BCUT2D eigenvalue weighted by atomic mass is 10.2. The molecule has 2 aliphatic rings. The molecule has 1 atom stereocenters. The Labute approximate surface area is 156 Å². The van der Waals surface area contributed by atoms with Crippen molar-refractivity contribution >= 4 is 50.9 Å². The van der Waals surface area contributed by atoms with Gasteiger partial charge in [0.2, 0.25) is 15.9 Å². The first-order valence-electron chi connectivity index (χ1n) is 7.68. The molecule has 2 aliphatic heterocycles. The van der Waals surface area contributed by atoms with Gasteiger partial charge in [0.15, 0.2) is 0 Å². The van der Waals surface area contributed by atoms with Gasteiger partial charge >= 0.3 is 0 Å². The molecule has 0 radical (unpaired) electrons. The average Bonchev–Trinajstić information content (AvgIpc) is 3.20. The van der Waals surface area contributed by atoms with Gasteiger partial charge in [0.05, 0.1) is 11.6 Å². The Kier molecular flexibility index (Phi) is 5.66. The quantitative estimate of drug-likeness (QED) is 0.768. The highest BCUT2D eigenvalue weighted by atomic mass is 35.5. The number of hydrogen-bond acceptors (Lipinski definition) is 4. The fourth-order valence-corrected chi connectivity index (χ4v) is 6.85. The maximum atomic E-state index is 12.8. The first kappa shape index (κ1) is 18.3. The lowest BCUT2D eigenvalue weighted by Crippen LogP contribution is -2.48. The van der Waals surface area contributed by atoms with Crippen molar-refractivity contribution < 1.29 is 13.2 Å². The molecule has 2 fully saturated rings. The van der Waals surface area contributed by atoms with Gasteiger partial charge in [0.1, 0.15) is 6.04 Å². The predicted molar refractivity (Wildman–Crippen MR) is 97.9 cm³/mol. The summed E-state index contributed by atoms with van der Waals surface area (Å²) in [6.45, 7) is 1.44. The van der Waals surface area contributed by atoms with E-state index in [2.05, 4.69) is 0 Å². The van der Waals surface area contributed by atoms with Crippen molar-refractivity contribution in [3.63, 3.8) is 0 Å². The Bertz CT molecular complexity index is 736. The Morgan fingerprint density at radius 2 is 1.96 bits per heavy atom. The zero-order valence-electron chi connectivity index (χ0n) is 13.0. The average molecular weight is 409 g/mol. The van der Waals surface area contributed by atoms with Gasteiger partial charge in [0.25, 0.3) is 0 Å². The van der Waals surface area contributed by atoms with E-state index >= 15 is 0 Å². The smallest absolute Gasteiger partial charge is 0.241 e. The molecule has 0 aromatic heterocycles. The fourth-order valence-electron chi connectivity index (χ4n) is 2.96. The molecule has 0 N–H and O–H groups in total. The van der Waals surface area contributed by atoms with Crippen LogP contribution in [0, 0.1) is 0 Å². The molecule has 1 aromatic rings. The van der Waals surface area contributed by atoms with Crippen molar-refractivity contribution in [1.82, 2.24) is 9.21 Å². The maximum absolute atomic E-state index is 12.8. The van der Waals surface area contributed by atoms with Crippen molar-refractivity contribution in [2.75, 3.05) is 24.7 Å². The molecule has 24 heavy (non-hydrogen) atoms. The molecule has 1 aromatic carbocycles. The SMILES string of the molecule is O=C([C@@H]1CSCN1S(=O)(=O)Cc1ccc(Cl)cc1Cl)N1CCCC1. The number of nitrogens with zero attached hydrogens (tertiary/aromatic N) is 2. The van der Waals surface area contributed by atoms with E-state index in [4.69, 9.17) is 23.2 Å². The van der Waals surface area contributed by atoms with Crippen molar-refractivity contribution in [2.45, 2.75) is 24.6 Å². The highest BCUT2D eigenvalue weighted by Crippen LogP contribution is 2.30. The molecule has 0 bridgehead atoms. The van der Waals surface area contributed by atoms with Crippen LogP contribution in [-0.4, -0.2) is 54.3 Å². The van der Waals surface area contributed by atoms with Crippen LogP contribution in [0.4, 0.5) is 0 Å². The Balaban J connectivity index is 1.78. The van der Waals surface area contributed by atoms with Crippen molar-refractivity contribution in [2.24, 2.45) is 0 Å². The largest absolute Gasteiger partial charge is 0.341 e. The molecule has 0 unspecified atom stereocenters. The minimum atomic E-state index is -3.63. The highest BCUT2D eigenvalue weighted by molar-refractivity contribution is 8.00. The third-order valence-electron chi connectivity index (χ3n) is 4.25. The summed E-state index contributed by atoms with van der Waals surface area (Å²) < 4.78 is 27.0. The van der Waals surface area contributed by atoms with Crippen LogP contribution >= 0.6 is 35.0 Å². The fraction of sp³-hybridized carbons (Fsp3) is 0.533. The van der Waals surface area contributed by atoms with E-state index in [1.807, 2.05) is 0 Å². The predicted octanol–water partition coefficient (Wildman–Crippen LogP) is 2.82. The monoisotopic (exact) mass is 408 g/mol. The first-order chi connectivity index (χ1) is 11.4. The van der Waals surface area contributed by atoms with E-state index in [-0.39, 0.29) is 11.7 Å². The molecule has 0 spiro atoms. The number of benzene rings is 1. The molecular weight excluding hydrogens is 391 g/mol. The molecule has 5 nitrogen and oxygen atoms in total. The number of carbonyl (C=O) groups excluding carboxylic acids is 1. The van der Waals surface area contributed by atoms with Crippen LogP contribution in [0.15, 0.2) is 18.2 Å². The normalized spacial score (nSPS) is 22.2. The summed E-state index contributed by atoms with van der Waals surface area (Å²) in [6, 6.07) is 4.15. The van der Waals surface area contributed by atoms with Crippen LogP contribution in [0.2, 0.25) is 10.0 Å². The second kappa shape index (κ2) is 7.41. The summed E-state index contributed by atoms with van der Waals surface area (Å²) in [7, 11) is -3.63. The van der Waals surface area contributed by atoms with E-state index < -0.39 is 16.1 Å². The van der Waals surface area contributed by atoms with Crippen LogP contribution in [0.25, 0.3) is 0 Å². The number of rotatable bonds is 4. The minimum absolute atomic E-state index is 0.0803. The van der Waals surface area contributed by atoms with Crippen molar-refractivity contribution in [3.8, 4) is 0 Å². The number of halogens is 2. The lowest BCUT2D eigenvalue weighted by Gasteiger charge is -2.26.